The van der Waals surface area contributed by atoms with Crippen molar-refractivity contribution >= 4 is 17.9 Å². The molecule has 0 unspecified atom stereocenters. The highest BCUT2D eigenvalue weighted by atomic mass is 35.5. The fourth-order valence-corrected chi connectivity index (χ4v) is 1.69. The Morgan fingerprint density at radius 2 is 2.36 bits per heavy atom. The van der Waals surface area contributed by atoms with Gasteiger partial charge in [-0.1, -0.05) is 0 Å². The van der Waals surface area contributed by atoms with Crippen LogP contribution in [-0.4, -0.2) is 47.7 Å². The first-order valence-electron chi connectivity index (χ1n) is 3.61. The van der Waals surface area contributed by atoms with E-state index < -0.39 is 0 Å². The van der Waals surface area contributed by atoms with Crippen molar-refractivity contribution in [3.63, 3.8) is 0 Å². The summed E-state index contributed by atoms with van der Waals surface area (Å²) in [5, 5.41) is 0. The summed E-state index contributed by atoms with van der Waals surface area (Å²) in [5.41, 5.74) is 0. The molecule has 2 heterocycles. The van der Waals surface area contributed by atoms with E-state index in [9.17, 15) is 4.79 Å². The van der Waals surface area contributed by atoms with Crippen LogP contribution in [0.4, 0.5) is 4.79 Å². The molecular formula is C6H9ClN2O2. The van der Waals surface area contributed by atoms with E-state index in [-0.39, 0.29) is 12.1 Å². The van der Waals surface area contributed by atoms with E-state index in [0.717, 1.165) is 6.54 Å². The number of carbonyl (C=O) groups is 1. The van der Waals surface area contributed by atoms with Crippen LogP contribution in [0.15, 0.2) is 0 Å². The molecule has 1 atom stereocenters. The molecule has 0 radical (unpaired) electrons. The average molecular weight is 177 g/mol. The van der Waals surface area contributed by atoms with Gasteiger partial charge in [0.25, 0.3) is 0 Å². The summed E-state index contributed by atoms with van der Waals surface area (Å²) in [7, 11) is 0. The van der Waals surface area contributed by atoms with Crippen molar-refractivity contribution in [2.24, 2.45) is 0 Å². The number of carbonyl (C=O) groups excluding carboxylic acids is 1. The van der Waals surface area contributed by atoms with Gasteiger partial charge in [0.2, 0.25) is 0 Å². The molecule has 2 aliphatic heterocycles. The van der Waals surface area contributed by atoms with Crippen molar-refractivity contribution in [3.8, 4) is 0 Å². The van der Waals surface area contributed by atoms with Gasteiger partial charge in [-0.2, -0.15) is 0 Å². The van der Waals surface area contributed by atoms with E-state index in [2.05, 4.69) is 0 Å². The number of hydrogen-bond donors (Lipinski definition) is 0. The maximum atomic E-state index is 11.0. The Morgan fingerprint density at radius 3 is 3.18 bits per heavy atom. The first-order valence-corrected chi connectivity index (χ1v) is 3.95. The molecule has 5 heteroatoms. The van der Waals surface area contributed by atoms with Gasteiger partial charge < -0.3 is 4.74 Å². The van der Waals surface area contributed by atoms with Crippen LogP contribution in [0.5, 0.6) is 0 Å². The van der Waals surface area contributed by atoms with E-state index in [0.29, 0.717) is 19.7 Å². The van der Waals surface area contributed by atoms with Crippen LogP contribution in [-0.2, 0) is 4.74 Å². The molecule has 2 aliphatic rings. The fraction of sp³-hybridized carbons (Fsp3) is 0.833. The Balaban J connectivity index is 2.06. The van der Waals surface area contributed by atoms with E-state index in [1.54, 1.807) is 9.32 Å². The van der Waals surface area contributed by atoms with Crippen LogP contribution >= 0.6 is 11.8 Å². The average Bonchev–Trinajstić information content (AvgIpc) is 2.32. The molecule has 0 aromatic carbocycles. The predicted molar refractivity (Wildman–Crippen MR) is 39.3 cm³/mol. The van der Waals surface area contributed by atoms with Crippen molar-refractivity contribution in [2.45, 2.75) is 6.04 Å². The number of halogens is 1. The number of rotatable bonds is 0. The minimum absolute atomic E-state index is 0.175. The van der Waals surface area contributed by atoms with Crippen molar-refractivity contribution in [2.75, 3.05) is 26.2 Å². The number of ether oxygens (including phenoxy) is 1. The van der Waals surface area contributed by atoms with Gasteiger partial charge in [0.05, 0.1) is 6.04 Å². The zero-order chi connectivity index (χ0) is 7.84. The lowest BCUT2D eigenvalue weighted by atomic mass is 10.2. The minimum atomic E-state index is -0.195. The number of nitrogens with zero attached hydrogens (tertiary/aromatic N) is 2. The van der Waals surface area contributed by atoms with Gasteiger partial charge in [0.15, 0.2) is 0 Å². The fourth-order valence-electron chi connectivity index (χ4n) is 1.45. The van der Waals surface area contributed by atoms with E-state index in [4.69, 9.17) is 16.5 Å². The Morgan fingerprint density at radius 1 is 1.55 bits per heavy atom. The highest BCUT2D eigenvalue weighted by Gasteiger charge is 2.36. The second-order valence-electron chi connectivity index (χ2n) is 2.79. The summed E-state index contributed by atoms with van der Waals surface area (Å²) in [4.78, 5) is 12.7. The van der Waals surface area contributed by atoms with Gasteiger partial charge in [-0.25, -0.2) is 9.21 Å². The van der Waals surface area contributed by atoms with Gasteiger partial charge in [-0.15, -0.1) is 0 Å². The first kappa shape index (κ1) is 7.18. The van der Waals surface area contributed by atoms with Crippen LogP contribution in [0, 0.1) is 0 Å². The van der Waals surface area contributed by atoms with Crippen LogP contribution in [0.25, 0.3) is 0 Å². The van der Waals surface area contributed by atoms with Crippen LogP contribution < -0.4 is 0 Å². The second kappa shape index (κ2) is 2.53. The van der Waals surface area contributed by atoms with Gasteiger partial charge in [0.1, 0.15) is 6.61 Å². The predicted octanol–water partition coefficient (Wildman–Crippen LogP) is 0.277. The Hall–Kier alpha value is -0.480. The smallest absolute Gasteiger partial charge is 0.410 e. The molecule has 62 valence electrons. The Kier molecular flexibility index (Phi) is 1.65. The largest absolute Gasteiger partial charge is 0.447 e. The number of piperazine rings is 1. The van der Waals surface area contributed by atoms with Crippen LogP contribution in [0.2, 0.25) is 0 Å². The maximum Gasteiger partial charge on any atom is 0.410 e. The lowest BCUT2D eigenvalue weighted by Gasteiger charge is -2.30. The number of hydrogen-bond acceptors (Lipinski definition) is 3. The van der Waals surface area contributed by atoms with Crippen molar-refractivity contribution in [3.05, 3.63) is 0 Å². The van der Waals surface area contributed by atoms with Crippen molar-refractivity contribution in [1.29, 1.82) is 0 Å². The van der Waals surface area contributed by atoms with Crippen LogP contribution in [0.1, 0.15) is 0 Å². The van der Waals surface area contributed by atoms with Gasteiger partial charge >= 0.3 is 6.09 Å². The highest BCUT2D eigenvalue weighted by Crippen LogP contribution is 2.18. The third kappa shape index (κ3) is 1.16. The Bertz CT molecular complexity index is 187. The molecule has 0 aromatic rings. The Labute approximate surface area is 69.8 Å². The molecule has 0 N–H and O–H groups in total. The molecule has 2 saturated heterocycles. The molecule has 0 aromatic heterocycles. The second-order valence-corrected chi connectivity index (χ2v) is 3.27. The lowest BCUT2D eigenvalue weighted by molar-refractivity contribution is 0.148. The van der Waals surface area contributed by atoms with E-state index in [1.165, 1.54) is 0 Å². The zero-order valence-corrected chi connectivity index (χ0v) is 6.75. The molecular weight excluding hydrogens is 168 g/mol. The number of fused-ring (bicyclic) bond motifs is 1. The molecule has 4 nitrogen and oxygen atoms in total. The van der Waals surface area contributed by atoms with E-state index >= 15 is 0 Å². The lowest BCUT2D eigenvalue weighted by Crippen LogP contribution is -2.48. The maximum absolute atomic E-state index is 11.0. The van der Waals surface area contributed by atoms with Gasteiger partial charge in [-0.05, 0) is 11.8 Å². The van der Waals surface area contributed by atoms with Gasteiger partial charge in [0, 0.05) is 19.6 Å². The number of cyclic esters (lactones) is 1. The third-order valence-electron chi connectivity index (χ3n) is 2.07. The summed E-state index contributed by atoms with van der Waals surface area (Å²) < 4.78 is 6.55. The van der Waals surface area contributed by atoms with Crippen LogP contribution in [0.3, 0.4) is 0 Å². The molecule has 2 rings (SSSR count). The summed E-state index contributed by atoms with van der Waals surface area (Å²) in [6, 6.07) is 0.175. The topological polar surface area (TPSA) is 32.8 Å². The summed E-state index contributed by atoms with van der Waals surface area (Å²) >= 11 is 5.77. The summed E-state index contributed by atoms with van der Waals surface area (Å²) in [6.45, 7) is 2.62. The number of amides is 1. The minimum Gasteiger partial charge on any atom is -0.447 e. The molecule has 2 fully saturated rings. The zero-order valence-electron chi connectivity index (χ0n) is 5.99. The SMILES string of the molecule is O=C1OC[C@@H]2CN(Cl)CCN12. The standard InChI is InChI=1S/C6H9ClN2O2/c7-8-1-2-9-5(3-8)4-11-6(9)10/h5H,1-4H2/t5-/m0/s1. The molecule has 11 heavy (non-hydrogen) atoms. The molecule has 1 amide bonds. The molecule has 0 saturated carbocycles. The van der Waals surface area contributed by atoms with Gasteiger partial charge in [-0.3, -0.25) is 4.90 Å². The quantitative estimate of drug-likeness (QED) is 0.497. The third-order valence-corrected chi connectivity index (χ3v) is 2.37. The molecule has 0 aliphatic carbocycles. The summed E-state index contributed by atoms with van der Waals surface area (Å²) in [6.07, 6.45) is -0.195. The van der Waals surface area contributed by atoms with Crippen molar-refractivity contribution < 1.29 is 9.53 Å². The highest BCUT2D eigenvalue weighted by molar-refractivity contribution is 6.13. The monoisotopic (exact) mass is 176 g/mol. The molecule has 0 spiro atoms. The normalized spacial score (nSPS) is 31.9. The van der Waals surface area contributed by atoms with E-state index in [1.807, 2.05) is 0 Å². The first-order chi connectivity index (χ1) is 5.27. The van der Waals surface area contributed by atoms with Crippen molar-refractivity contribution in [1.82, 2.24) is 9.32 Å². The molecule has 0 bridgehead atoms. The summed E-state index contributed by atoms with van der Waals surface area (Å²) in [5.74, 6) is 0.